The SMILES string of the molecule is Cc1cc(NC2COc3ccccc32)ccc1[N+](=O)[O-]. The maximum Gasteiger partial charge on any atom is 0.272 e. The first-order chi connectivity index (χ1) is 9.65. The van der Waals surface area contributed by atoms with Crippen molar-refractivity contribution in [3.63, 3.8) is 0 Å². The number of hydrogen-bond donors (Lipinski definition) is 1. The molecular formula is C15H14N2O3. The van der Waals surface area contributed by atoms with Crippen LogP contribution in [-0.4, -0.2) is 11.5 Å². The van der Waals surface area contributed by atoms with Gasteiger partial charge in [-0.2, -0.15) is 0 Å². The minimum atomic E-state index is -0.368. The Morgan fingerprint density at radius 3 is 2.85 bits per heavy atom. The minimum Gasteiger partial charge on any atom is -0.491 e. The molecule has 1 heterocycles. The van der Waals surface area contributed by atoms with Crippen molar-refractivity contribution in [1.82, 2.24) is 0 Å². The predicted molar refractivity (Wildman–Crippen MR) is 76.1 cm³/mol. The lowest BCUT2D eigenvalue weighted by atomic mass is 10.1. The number of nitro benzene ring substituents is 1. The first-order valence-electron chi connectivity index (χ1n) is 6.38. The minimum absolute atomic E-state index is 0.0760. The van der Waals surface area contributed by atoms with Gasteiger partial charge in [-0.05, 0) is 25.1 Å². The first kappa shape index (κ1) is 12.5. The molecule has 1 aliphatic heterocycles. The van der Waals surface area contributed by atoms with Crippen LogP contribution in [0.25, 0.3) is 0 Å². The molecule has 0 aromatic heterocycles. The number of hydrogen-bond acceptors (Lipinski definition) is 4. The molecule has 5 heteroatoms. The summed E-state index contributed by atoms with van der Waals surface area (Å²) in [6, 6.07) is 13.0. The van der Waals surface area contributed by atoms with E-state index in [0.29, 0.717) is 12.2 Å². The van der Waals surface area contributed by atoms with Crippen LogP contribution < -0.4 is 10.1 Å². The average Bonchev–Trinajstić information content (AvgIpc) is 2.82. The van der Waals surface area contributed by atoms with Gasteiger partial charge in [0.1, 0.15) is 12.4 Å². The van der Waals surface area contributed by atoms with Crippen LogP contribution in [0.5, 0.6) is 5.75 Å². The summed E-state index contributed by atoms with van der Waals surface area (Å²) in [6.45, 7) is 2.30. The fraction of sp³-hybridized carbons (Fsp3) is 0.200. The van der Waals surface area contributed by atoms with Gasteiger partial charge in [-0.15, -0.1) is 0 Å². The maximum atomic E-state index is 10.8. The zero-order valence-corrected chi connectivity index (χ0v) is 11.0. The van der Waals surface area contributed by atoms with E-state index in [9.17, 15) is 10.1 Å². The summed E-state index contributed by atoms with van der Waals surface area (Å²) in [5.74, 6) is 0.892. The summed E-state index contributed by atoms with van der Waals surface area (Å²) in [5.41, 5.74) is 2.76. The van der Waals surface area contributed by atoms with Crippen LogP contribution >= 0.6 is 0 Å². The van der Waals surface area contributed by atoms with Gasteiger partial charge < -0.3 is 10.1 Å². The summed E-state index contributed by atoms with van der Waals surface area (Å²) in [5, 5.41) is 14.2. The van der Waals surface area contributed by atoms with Crippen molar-refractivity contribution in [2.75, 3.05) is 11.9 Å². The summed E-state index contributed by atoms with van der Waals surface area (Å²) in [4.78, 5) is 10.4. The molecule has 0 aliphatic carbocycles. The maximum absolute atomic E-state index is 10.8. The van der Waals surface area contributed by atoms with Crippen LogP contribution in [0.2, 0.25) is 0 Å². The average molecular weight is 270 g/mol. The van der Waals surface area contributed by atoms with E-state index in [4.69, 9.17) is 4.74 Å². The van der Waals surface area contributed by atoms with Gasteiger partial charge in [0.25, 0.3) is 5.69 Å². The molecule has 0 spiro atoms. The topological polar surface area (TPSA) is 64.4 Å². The Kier molecular flexibility index (Phi) is 3.02. The Labute approximate surface area is 116 Å². The van der Waals surface area contributed by atoms with Gasteiger partial charge >= 0.3 is 0 Å². The van der Waals surface area contributed by atoms with Crippen molar-refractivity contribution in [2.24, 2.45) is 0 Å². The molecule has 2 aromatic rings. The smallest absolute Gasteiger partial charge is 0.272 e. The second-order valence-electron chi connectivity index (χ2n) is 4.80. The summed E-state index contributed by atoms with van der Waals surface area (Å²) >= 11 is 0. The van der Waals surface area contributed by atoms with E-state index < -0.39 is 0 Å². The molecule has 0 saturated carbocycles. The second-order valence-corrected chi connectivity index (χ2v) is 4.80. The van der Waals surface area contributed by atoms with Crippen LogP contribution in [0.3, 0.4) is 0 Å². The monoisotopic (exact) mass is 270 g/mol. The van der Waals surface area contributed by atoms with Crippen molar-refractivity contribution in [3.05, 3.63) is 63.7 Å². The largest absolute Gasteiger partial charge is 0.491 e. The standard InChI is InChI=1S/C15H14N2O3/c1-10-8-11(6-7-14(10)17(18)19)16-13-9-20-15-5-3-2-4-12(13)15/h2-8,13,16H,9H2,1H3. The zero-order valence-electron chi connectivity index (χ0n) is 11.0. The van der Waals surface area contributed by atoms with E-state index in [1.54, 1.807) is 19.1 Å². The van der Waals surface area contributed by atoms with Gasteiger partial charge in [0.05, 0.1) is 11.0 Å². The van der Waals surface area contributed by atoms with Gasteiger partial charge in [-0.1, -0.05) is 18.2 Å². The van der Waals surface area contributed by atoms with Crippen molar-refractivity contribution < 1.29 is 9.66 Å². The zero-order chi connectivity index (χ0) is 14.1. The Morgan fingerprint density at radius 1 is 1.30 bits per heavy atom. The molecule has 0 radical (unpaired) electrons. The van der Waals surface area contributed by atoms with E-state index in [1.807, 2.05) is 24.3 Å². The normalized spacial score (nSPS) is 16.4. The third-order valence-corrected chi connectivity index (χ3v) is 3.43. The molecule has 0 saturated heterocycles. The van der Waals surface area contributed by atoms with E-state index in [-0.39, 0.29) is 16.7 Å². The highest BCUT2D eigenvalue weighted by molar-refractivity contribution is 5.56. The van der Waals surface area contributed by atoms with E-state index in [0.717, 1.165) is 17.0 Å². The fourth-order valence-corrected chi connectivity index (χ4v) is 2.43. The van der Waals surface area contributed by atoms with Crippen molar-refractivity contribution in [3.8, 4) is 5.75 Å². The molecule has 3 rings (SSSR count). The lowest BCUT2D eigenvalue weighted by Gasteiger charge is -2.13. The lowest BCUT2D eigenvalue weighted by molar-refractivity contribution is -0.385. The van der Waals surface area contributed by atoms with Gasteiger partial charge in [-0.25, -0.2) is 0 Å². The predicted octanol–water partition coefficient (Wildman–Crippen LogP) is 3.45. The van der Waals surface area contributed by atoms with Crippen molar-refractivity contribution in [2.45, 2.75) is 13.0 Å². The van der Waals surface area contributed by atoms with E-state index >= 15 is 0 Å². The number of anilines is 1. The highest BCUT2D eigenvalue weighted by Gasteiger charge is 2.23. The molecule has 1 N–H and O–H groups in total. The molecule has 1 atom stereocenters. The molecule has 0 bridgehead atoms. The Morgan fingerprint density at radius 2 is 2.10 bits per heavy atom. The Hall–Kier alpha value is -2.56. The highest BCUT2D eigenvalue weighted by atomic mass is 16.6. The molecule has 5 nitrogen and oxygen atoms in total. The second kappa shape index (κ2) is 4.85. The number of para-hydroxylation sites is 1. The summed E-state index contributed by atoms with van der Waals surface area (Å²) in [6.07, 6.45) is 0. The van der Waals surface area contributed by atoms with Crippen LogP contribution in [0.4, 0.5) is 11.4 Å². The number of fused-ring (bicyclic) bond motifs is 1. The van der Waals surface area contributed by atoms with Crippen molar-refractivity contribution >= 4 is 11.4 Å². The first-order valence-corrected chi connectivity index (χ1v) is 6.38. The Balaban J connectivity index is 1.83. The number of rotatable bonds is 3. The highest BCUT2D eigenvalue weighted by Crippen LogP contribution is 2.34. The van der Waals surface area contributed by atoms with Gasteiger partial charge in [0.15, 0.2) is 0 Å². The van der Waals surface area contributed by atoms with Crippen LogP contribution in [-0.2, 0) is 0 Å². The number of nitrogens with one attached hydrogen (secondary N) is 1. The molecule has 102 valence electrons. The molecular weight excluding hydrogens is 256 g/mol. The number of benzene rings is 2. The van der Waals surface area contributed by atoms with Gasteiger partial charge in [0.2, 0.25) is 0 Å². The molecule has 0 fully saturated rings. The Bertz CT molecular complexity index is 670. The number of aryl methyl sites for hydroxylation is 1. The summed E-state index contributed by atoms with van der Waals surface area (Å²) < 4.78 is 5.60. The molecule has 1 unspecified atom stereocenters. The third-order valence-electron chi connectivity index (χ3n) is 3.43. The van der Waals surface area contributed by atoms with E-state index in [2.05, 4.69) is 5.32 Å². The molecule has 2 aromatic carbocycles. The fourth-order valence-electron chi connectivity index (χ4n) is 2.43. The van der Waals surface area contributed by atoms with Crippen LogP contribution in [0.15, 0.2) is 42.5 Å². The lowest BCUT2D eigenvalue weighted by Crippen LogP contribution is -2.12. The third kappa shape index (κ3) is 2.18. The molecule has 20 heavy (non-hydrogen) atoms. The van der Waals surface area contributed by atoms with Crippen LogP contribution in [0.1, 0.15) is 17.2 Å². The number of ether oxygens (including phenoxy) is 1. The van der Waals surface area contributed by atoms with E-state index in [1.165, 1.54) is 6.07 Å². The molecule has 0 amide bonds. The quantitative estimate of drug-likeness (QED) is 0.685. The number of nitrogens with zero attached hydrogens (tertiary/aromatic N) is 1. The summed E-state index contributed by atoms with van der Waals surface area (Å²) in [7, 11) is 0. The number of nitro groups is 1. The van der Waals surface area contributed by atoms with Crippen molar-refractivity contribution in [1.29, 1.82) is 0 Å². The van der Waals surface area contributed by atoms with Gasteiger partial charge in [-0.3, -0.25) is 10.1 Å². The molecule has 1 aliphatic rings. The van der Waals surface area contributed by atoms with Crippen LogP contribution in [0, 0.1) is 17.0 Å². The van der Waals surface area contributed by atoms with Gasteiger partial charge in [0, 0.05) is 22.9 Å².